The van der Waals surface area contributed by atoms with Crippen molar-refractivity contribution in [2.24, 2.45) is 5.92 Å². The number of hydrogen-bond acceptors (Lipinski definition) is 4. The minimum atomic E-state index is -0.179. The largest absolute Gasteiger partial charge is 0.493 e. The highest BCUT2D eigenvalue weighted by atomic mass is 79.9. The zero-order valence-electron chi connectivity index (χ0n) is 11.9. The fourth-order valence-electron chi connectivity index (χ4n) is 1.67. The molecule has 1 heterocycles. The Labute approximate surface area is 136 Å². The number of alkyl halides is 1. The smallest absolute Gasteiger partial charge is 0.257 e. The molecular weight excluding hydrogens is 352 g/mol. The molecule has 1 amide bonds. The summed E-state index contributed by atoms with van der Waals surface area (Å²) in [6.45, 7) is 4.80. The van der Waals surface area contributed by atoms with Crippen LogP contribution in [0.15, 0.2) is 29.8 Å². The van der Waals surface area contributed by atoms with Crippen molar-refractivity contribution in [1.29, 1.82) is 0 Å². The van der Waals surface area contributed by atoms with Crippen molar-refractivity contribution in [2.45, 2.75) is 19.2 Å². The molecule has 0 spiro atoms. The number of nitrogens with one attached hydrogen (secondary N) is 1. The third kappa shape index (κ3) is 4.82. The summed E-state index contributed by atoms with van der Waals surface area (Å²) in [5.74, 6) is 0.970. The molecule has 1 aromatic carbocycles. The standard InChI is InChI=1S/C15H17BrN2O2S/c1-10(2)9-20-13-6-11(8-16)5-12(7-13)14(19)18-15-17-3-4-21-15/h3-7,10H,8-9H2,1-2H3,(H,17,18,19). The van der Waals surface area contributed by atoms with Gasteiger partial charge >= 0.3 is 0 Å². The summed E-state index contributed by atoms with van der Waals surface area (Å²) in [7, 11) is 0. The molecule has 6 heteroatoms. The van der Waals surface area contributed by atoms with Crippen LogP contribution in [0.25, 0.3) is 0 Å². The van der Waals surface area contributed by atoms with Crippen LogP contribution in [0.1, 0.15) is 29.8 Å². The number of anilines is 1. The summed E-state index contributed by atoms with van der Waals surface area (Å²) in [6, 6.07) is 5.55. The molecule has 2 aromatic rings. The maximum absolute atomic E-state index is 12.3. The van der Waals surface area contributed by atoms with Crippen molar-refractivity contribution in [3.63, 3.8) is 0 Å². The molecule has 112 valence electrons. The van der Waals surface area contributed by atoms with E-state index in [1.54, 1.807) is 12.3 Å². The zero-order chi connectivity index (χ0) is 15.2. The van der Waals surface area contributed by atoms with Gasteiger partial charge in [0, 0.05) is 22.5 Å². The van der Waals surface area contributed by atoms with E-state index in [-0.39, 0.29) is 5.91 Å². The first-order valence-corrected chi connectivity index (χ1v) is 8.62. The lowest BCUT2D eigenvalue weighted by Gasteiger charge is -2.11. The monoisotopic (exact) mass is 368 g/mol. The van der Waals surface area contributed by atoms with Crippen LogP contribution in [0.2, 0.25) is 0 Å². The van der Waals surface area contributed by atoms with Gasteiger partial charge < -0.3 is 4.74 Å². The number of aromatic nitrogens is 1. The van der Waals surface area contributed by atoms with E-state index in [1.165, 1.54) is 11.3 Å². The molecule has 1 N–H and O–H groups in total. The van der Waals surface area contributed by atoms with Crippen LogP contribution in [0, 0.1) is 5.92 Å². The van der Waals surface area contributed by atoms with Crippen LogP contribution < -0.4 is 10.1 Å². The molecule has 0 aliphatic heterocycles. The minimum Gasteiger partial charge on any atom is -0.493 e. The fraction of sp³-hybridized carbons (Fsp3) is 0.333. The number of ether oxygens (including phenoxy) is 1. The number of rotatable bonds is 6. The molecular formula is C15H17BrN2O2S. The second-order valence-electron chi connectivity index (χ2n) is 5.00. The topological polar surface area (TPSA) is 51.2 Å². The first-order chi connectivity index (χ1) is 10.1. The van der Waals surface area contributed by atoms with E-state index in [1.807, 2.05) is 17.5 Å². The predicted octanol–water partition coefficient (Wildman–Crippen LogP) is 4.33. The average Bonchev–Trinajstić information content (AvgIpc) is 2.97. The second kappa shape index (κ2) is 7.56. The first-order valence-electron chi connectivity index (χ1n) is 6.62. The van der Waals surface area contributed by atoms with Gasteiger partial charge in [-0.25, -0.2) is 4.98 Å². The number of carbonyl (C=O) groups excluding carboxylic acids is 1. The Kier molecular flexibility index (Phi) is 5.76. The molecule has 0 bridgehead atoms. The molecule has 0 saturated heterocycles. The average molecular weight is 369 g/mol. The van der Waals surface area contributed by atoms with Gasteiger partial charge in [-0.3, -0.25) is 10.1 Å². The molecule has 0 atom stereocenters. The van der Waals surface area contributed by atoms with E-state index >= 15 is 0 Å². The van der Waals surface area contributed by atoms with E-state index in [4.69, 9.17) is 4.74 Å². The van der Waals surface area contributed by atoms with Crippen molar-refractivity contribution < 1.29 is 9.53 Å². The van der Waals surface area contributed by atoms with Crippen molar-refractivity contribution in [2.75, 3.05) is 11.9 Å². The molecule has 21 heavy (non-hydrogen) atoms. The summed E-state index contributed by atoms with van der Waals surface area (Å²) in [5, 5.41) is 5.86. The van der Waals surface area contributed by atoms with Gasteiger partial charge in [0.2, 0.25) is 0 Å². The van der Waals surface area contributed by atoms with Crippen molar-refractivity contribution >= 4 is 38.3 Å². The summed E-state index contributed by atoms with van der Waals surface area (Å²) in [4.78, 5) is 16.3. The molecule has 0 aliphatic rings. The van der Waals surface area contributed by atoms with E-state index in [0.29, 0.717) is 34.3 Å². The highest BCUT2D eigenvalue weighted by Crippen LogP contribution is 2.21. The maximum atomic E-state index is 12.3. The zero-order valence-corrected chi connectivity index (χ0v) is 14.3. The molecule has 0 aliphatic carbocycles. The van der Waals surface area contributed by atoms with Gasteiger partial charge in [0.1, 0.15) is 5.75 Å². The van der Waals surface area contributed by atoms with Gasteiger partial charge in [-0.1, -0.05) is 29.8 Å². The molecule has 0 saturated carbocycles. The van der Waals surface area contributed by atoms with Gasteiger partial charge in [0.15, 0.2) is 5.13 Å². The summed E-state index contributed by atoms with van der Waals surface area (Å²) in [6.07, 6.45) is 1.66. The number of halogens is 1. The van der Waals surface area contributed by atoms with Crippen molar-refractivity contribution in [1.82, 2.24) is 4.98 Å². The number of nitrogens with zero attached hydrogens (tertiary/aromatic N) is 1. The Morgan fingerprint density at radius 2 is 2.24 bits per heavy atom. The first kappa shape index (κ1) is 16.0. The summed E-state index contributed by atoms with van der Waals surface area (Å²) >= 11 is 4.81. The van der Waals surface area contributed by atoms with Crippen LogP contribution in [0.3, 0.4) is 0 Å². The van der Waals surface area contributed by atoms with Gasteiger partial charge in [-0.15, -0.1) is 11.3 Å². The van der Waals surface area contributed by atoms with Gasteiger partial charge in [0.05, 0.1) is 6.61 Å². The number of benzene rings is 1. The third-order valence-corrected chi connectivity index (χ3v) is 3.95. The second-order valence-corrected chi connectivity index (χ2v) is 6.45. The Bertz CT molecular complexity index is 600. The number of carbonyl (C=O) groups is 1. The lowest BCUT2D eigenvalue weighted by Crippen LogP contribution is -2.13. The highest BCUT2D eigenvalue weighted by Gasteiger charge is 2.11. The van der Waals surface area contributed by atoms with Gasteiger partial charge in [-0.2, -0.15) is 0 Å². The molecule has 0 fully saturated rings. The van der Waals surface area contributed by atoms with Crippen molar-refractivity contribution in [3.8, 4) is 5.75 Å². The number of thiazole rings is 1. The molecule has 0 unspecified atom stereocenters. The van der Waals surface area contributed by atoms with Crippen LogP contribution in [0.5, 0.6) is 5.75 Å². The van der Waals surface area contributed by atoms with Crippen molar-refractivity contribution in [3.05, 3.63) is 40.9 Å². The lowest BCUT2D eigenvalue weighted by atomic mass is 10.1. The highest BCUT2D eigenvalue weighted by molar-refractivity contribution is 9.08. The minimum absolute atomic E-state index is 0.179. The van der Waals surface area contributed by atoms with Gasteiger partial charge in [-0.05, 0) is 29.7 Å². The molecule has 2 rings (SSSR count). The summed E-state index contributed by atoms with van der Waals surface area (Å²) in [5.41, 5.74) is 1.57. The Morgan fingerprint density at radius 3 is 2.86 bits per heavy atom. The Morgan fingerprint density at radius 1 is 1.43 bits per heavy atom. The normalized spacial score (nSPS) is 10.7. The number of hydrogen-bond donors (Lipinski definition) is 1. The Balaban J connectivity index is 2.17. The van der Waals surface area contributed by atoms with Crippen LogP contribution in [-0.2, 0) is 5.33 Å². The molecule has 4 nitrogen and oxygen atoms in total. The van der Waals surface area contributed by atoms with E-state index in [0.717, 1.165) is 5.56 Å². The van der Waals surface area contributed by atoms with E-state index < -0.39 is 0 Å². The quantitative estimate of drug-likeness (QED) is 0.772. The van der Waals surface area contributed by atoms with Gasteiger partial charge in [0.25, 0.3) is 5.91 Å². The van der Waals surface area contributed by atoms with E-state index in [9.17, 15) is 4.79 Å². The predicted molar refractivity (Wildman–Crippen MR) is 89.5 cm³/mol. The van der Waals surface area contributed by atoms with E-state index in [2.05, 4.69) is 40.1 Å². The lowest BCUT2D eigenvalue weighted by molar-refractivity contribution is 0.102. The number of amides is 1. The third-order valence-electron chi connectivity index (χ3n) is 2.62. The van der Waals surface area contributed by atoms with Crippen LogP contribution in [0.4, 0.5) is 5.13 Å². The fourth-order valence-corrected chi connectivity index (χ4v) is 2.52. The maximum Gasteiger partial charge on any atom is 0.257 e. The SMILES string of the molecule is CC(C)COc1cc(CBr)cc(C(=O)Nc2nccs2)c1. The Hall–Kier alpha value is -1.40. The molecule has 0 radical (unpaired) electrons. The van der Waals surface area contributed by atoms with Crippen LogP contribution >= 0.6 is 27.3 Å². The van der Waals surface area contributed by atoms with Crippen LogP contribution in [-0.4, -0.2) is 17.5 Å². The summed E-state index contributed by atoms with van der Waals surface area (Å²) < 4.78 is 5.72. The molecule has 1 aromatic heterocycles.